The molecule has 0 saturated heterocycles. The number of benzene rings is 3. The summed E-state index contributed by atoms with van der Waals surface area (Å²) in [6, 6.07) is 23.9. The van der Waals surface area contributed by atoms with Crippen LogP contribution in [0.3, 0.4) is 0 Å². The van der Waals surface area contributed by atoms with Crippen molar-refractivity contribution in [3.05, 3.63) is 130 Å². The number of rotatable bonds is 5. The number of hydrogen-bond acceptors (Lipinski definition) is 5. The van der Waals surface area contributed by atoms with Crippen molar-refractivity contribution in [2.45, 2.75) is 25.3 Å². The zero-order valence-corrected chi connectivity index (χ0v) is 24.1. The van der Waals surface area contributed by atoms with E-state index in [4.69, 9.17) is 14.5 Å². The predicted molar refractivity (Wildman–Crippen MR) is 160 cm³/mol. The minimum absolute atomic E-state index is 0.0163. The van der Waals surface area contributed by atoms with Crippen LogP contribution in [0.2, 0.25) is 0 Å². The Morgan fingerprint density at radius 2 is 1.64 bits per heavy atom. The summed E-state index contributed by atoms with van der Waals surface area (Å²) < 4.78 is 14.3. The molecule has 4 aromatic rings. The lowest BCUT2D eigenvalue weighted by atomic mass is 9.84. The summed E-state index contributed by atoms with van der Waals surface area (Å²) in [5.41, 5.74) is 6.51. The fourth-order valence-corrected chi connectivity index (χ4v) is 6.71. The average molecular weight is 600 g/mol. The molecule has 0 radical (unpaired) electrons. The molecule has 1 unspecified atom stereocenters. The molecule has 1 atom stereocenters. The van der Waals surface area contributed by atoms with Crippen molar-refractivity contribution in [1.29, 1.82) is 0 Å². The second-order valence-electron chi connectivity index (χ2n) is 9.58. The minimum Gasteiger partial charge on any atom is -0.497 e. The highest BCUT2D eigenvalue weighted by Gasteiger charge is 2.32. The lowest BCUT2D eigenvalue weighted by Crippen LogP contribution is -2.39. The van der Waals surface area contributed by atoms with Crippen molar-refractivity contribution in [2.75, 3.05) is 14.2 Å². The predicted octanol–water partition coefficient (Wildman–Crippen LogP) is 6.26. The molecule has 0 spiro atoms. The van der Waals surface area contributed by atoms with E-state index in [2.05, 4.69) is 46.3 Å². The Morgan fingerprint density at radius 3 is 2.33 bits per heavy atom. The number of aromatic nitrogens is 1. The lowest BCUT2D eigenvalue weighted by molar-refractivity contribution is 0.414. The zero-order valence-electron chi connectivity index (χ0n) is 21.7. The van der Waals surface area contributed by atoms with Gasteiger partial charge in [-0.15, -0.1) is 0 Å². The molecule has 7 heteroatoms. The zero-order chi connectivity index (χ0) is 26.9. The SMILES string of the molecule is COc1ccc(/C=C2/CCCC3=C2N=c2s/c(=C/c4cccc(Br)c4)c(=O)n2C3c2ccc(OC)cc2)cc1. The van der Waals surface area contributed by atoms with Gasteiger partial charge in [0.1, 0.15) is 11.5 Å². The molecule has 0 fully saturated rings. The maximum Gasteiger partial charge on any atom is 0.271 e. The van der Waals surface area contributed by atoms with Crippen LogP contribution in [0.4, 0.5) is 0 Å². The molecular formula is C32H27BrN2O3S. The Bertz CT molecular complexity index is 1780. The van der Waals surface area contributed by atoms with E-state index in [-0.39, 0.29) is 11.6 Å². The van der Waals surface area contributed by atoms with Gasteiger partial charge in [0.05, 0.1) is 30.5 Å². The van der Waals surface area contributed by atoms with E-state index >= 15 is 0 Å². The van der Waals surface area contributed by atoms with E-state index in [1.54, 1.807) is 14.2 Å². The third kappa shape index (κ3) is 5.04. The highest BCUT2D eigenvalue weighted by molar-refractivity contribution is 9.10. The molecule has 0 amide bonds. The van der Waals surface area contributed by atoms with Gasteiger partial charge < -0.3 is 9.47 Å². The van der Waals surface area contributed by atoms with Gasteiger partial charge in [-0.05, 0) is 95.6 Å². The van der Waals surface area contributed by atoms with E-state index in [1.807, 2.05) is 59.2 Å². The maximum absolute atomic E-state index is 13.9. The molecule has 39 heavy (non-hydrogen) atoms. The first-order chi connectivity index (χ1) is 19.0. The number of ether oxygens (including phenoxy) is 2. The lowest BCUT2D eigenvalue weighted by Gasteiger charge is -2.31. The molecule has 3 aromatic carbocycles. The molecule has 2 aliphatic rings. The van der Waals surface area contributed by atoms with Crippen LogP contribution in [0, 0.1) is 0 Å². The van der Waals surface area contributed by atoms with Gasteiger partial charge in [-0.2, -0.15) is 0 Å². The summed E-state index contributed by atoms with van der Waals surface area (Å²) in [6.45, 7) is 0. The number of allylic oxidation sites excluding steroid dienone is 2. The quantitative estimate of drug-likeness (QED) is 0.272. The number of hydrogen-bond donors (Lipinski definition) is 0. The number of methoxy groups -OCH3 is 2. The van der Waals surface area contributed by atoms with E-state index in [0.29, 0.717) is 4.53 Å². The van der Waals surface area contributed by atoms with Crippen molar-refractivity contribution < 1.29 is 9.47 Å². The van der Waals surface area contributed by atoms with Gasteiger partial charge >= 0.3 is 0 Å². The molecule has 6 rings (SSSR count). The number of halogens is 1. The third-order valence-corrected chi connectivity index (χ3v) is 8.64. The van der Waals surface area contributed by atoms with Gasteiger partial charge in [0.15, 0.2) is 4.80 Å². The van der Waals surface area contributed by atoms with Gasteiger partial charge in [-0.3, -0.25) is 9.36 Å². The molecule has 196 valence electrons. The highest BCUT2D eigenvalue weighted by Crippen LogP contribution is 2.41. The summed E-state index contributed by atoms with van der Waals surface area (Å²) in [4.78, 5) is 19.8. The van der Waals surface area contributed by atoms with Crippen LogP contribution in [0.15, 0.2) is 104 Å². The molecule has 1 aliphatic heterocycles. The number of fused-ring (bicyclic) bond motifs is 1. The topological polar surface area (TPSA) is 52.8 Å². The fraction of sp³-hybridized carbons (Fsp3) is 0.188. The van der Waals surface area contributed by atoms with E-state index in [1.165, 1.54) is 22.5 Å². The van der Waals surface area contributed by atoms with Crippen molar-refractivity contribution in [3.8, 4) is 11.5 Å². The van der Waals surface area contributed by atoms with Crippen molar-refractivity contribution in [2.24, 2.45) is 4.99 Å². The third-order valence-electron chi connectivity index (χ3n) is 7.17. The molecule has 0 bridgehead atoms. The van der Waals surface area contributed by atoms with Crippen LogP contribution in [-0.2, 0) is 0 Å². The van der Waals surface area contributed by atoms with Gasteiger partial charge in [-0.1, -0.05) is 63.7 Å². The first-order valence-electron chi connectivity index (χ1n) is 12.8. The smallest absolute Gasteiger partial charge is 0.271 e. The summed E-state index contributed by atoms with van der Waals surface area (Å²) in [7, 11) is 3.34. The van der Waals surface area contributed by atoms with E-state index in [9.17, 15) is 4.79 Å². The van der Waals surface area contributed by atoms with Crippen LogP contribution in [0.25, 0.3) is 12.2 Å². The standard InChI is InChI=1S/C32H27BrN2O3S/c1-37-25-13-9-20(10-14-25)17-23-6-4-8-27-29(23)34-32-35(30(27)22-11-15-26(38-2)16-12-22)31(36)28(39-32)19-21-5-3-7-24(33)18-21/h3,5,7,9-19,30H,4,6,8H2,1-2H3/b23-17-,28-19+. The van der Waals surface area contributed by atoms with Crippen molar-refractivity contribution in [1.82, 2.24) is 4.57 Å². The monoisotopic (exact) mass is 598 g/mol. The Morgan fingerprint density at radius 1 is 0.923 bits per heavy atom. The normalized spacial score (nSPS) is 18.0. The van der Waals surface area contributed by atoms with Crippen molar-refractivity contribution >= 4 is 39.4 Å². The van der Waals surface area contributed by atoms with Gasteiger partial charge in [-0.25, -0.2) is 4.99 Å². The Kier molecular flexibility index (Phi) is 7.11. The second kappa shape index (κ2) is 10.8. The second-order valence-corrected chi connectivity index (χ2v) is 11.5. The molecule has 5 nitrogen and oxygen atoms in total. The molecule has 0 saturated carbocycles. The molecule has 1 aliphatic carbocycles. The minimum atomic E-state index is -0.216. The summed E-state index contributed by atoms with van der Waals surface area (Å²) >= 11 is 4.99. The van der Waals surface area contributed by atoms with Gasteiger partial charge in [0, 0.05) is 4.47 Å². The maximum atomic E-state index is 13.9. The number of nitrogens with zero attached hydrogens (tertiary/aromatic N) is 2. The average Bonchev–Trinajstić information content (AvgIpc) is 3.27. The van der Waals surface area contributed by atoms with Crippen LogP contribution >= 0.6 is 27.3 Å². The molecular weight excluding hydrogens is 572 g/mol. The summed E-state index contributed by atoms with van der Waals surface area (Å²) in [5, 5.41) is 0. The molecule has 2 heterocycles. The van der Waals surface area contributed by atoms with Crippen LogP contribution in [0.5, 0.6) is 11.5 Å². The van der Waals surface area contributed by atoms with Crippen molar-refractivity contribution in [3.63, 3.8) is 0 Å². The van der Waals surface area contributed by atoms with E-state index in [0.717, 1.165) is 62.4 Å². The highest BCUT2D eigenvalue weighted by atomic mass is 79.9. The Balaban J connectivity index is 1.55. The van der Waals surface area contributed by atoms with Crippen LogP contribution in [0.1, 0.15) is 42.0 Å². The molecule has 0 N–H and O–H groups in total. The largest absolute Gasteiger partial charge is 0.497 e. The Labute approximate surface area is 239 Å². The van der Waals surface area contributed by atoms with Gasteiger partial charge in [0.2, 0.25) is 0 Å². The first kappa shape index (κ1) is 25.6. The Hall–Kier alpha value is -3.68. The molecule has 1 aromatic heterocycles. The summed E-state index contributed by atoms with van der Waals surface area (Å²) in [5.74, 6) is 1.62. The van der Waals surface area contributed by atoms with Crippen LogP contribution < -0.4 is 24.4 Å². The van der Waals surface area contributed by atoms with Crippen LogP contribution in [-0.4, -0.2) is 18.8 Å². The van der Waals surface area contributed by atoms with E-state index < -0.39 is 0 Å². The number of thiazole rings is 1. The fourth-order valence-electron chi connectivity index (χ4n) is 5.29. The first-order valence-corrected chi connectivity index (χ1v) is 14.4. The van der Waals surface area contributed by atoms with Gasteiger partial charge in [0.25, 0.3) is 5.56 Å². The summed E-state index contributed by atoms with van der Waals surface area (Å²) in [6.07, 6.45) is 7.02.